The summed E-state index contributed by atoms with van der Waals surface area (Å²) in [6, 6.07) is 10.4. The maximum atomic E-state index is 12.8. The van der Waals surface area contributed by atoms with Crippen molar-refractivity contribution in [2.45, 2.75) is 32.5 Å². The molecule has 1 aromatic heterocycles. The number of benzene rings is 2. The van der Waals surface area contributed by atoms with Gasteiger partial charge < -0.3 is 19.7 Å². The highest BCUT2D eigenvalue weighted by Crippen LogP contribution is 2.30. The Bertz CT molecular complexity index is 1340. The molecule has 0 saturated carbocycles. The van der Waals surface area contributed by atoms with Crippen LogP contribution in [0.15, 0.2) is 52.7 Å². The first-order chi connectivity index (χ1) is 17.2. The van der Waals surface area contributed by atoms with E-state index in [-0.39, 0.29) is 30.5 Å². The van der Waals surface area contributed by atoms with Gasteiger partial charge in [0, 0.05) is 23.4 Å². The second kappa shape index (κ2) is 9.32. The van der Waals surface area contributed by atoms with Crippen LogP contribution in [0.5, 0.6) is 5.75 Å². The molecule has 36 heavy (non-hydrogen) atoms. The van der Waals surface area contributed by atoms with E-state index in [0.29, 0.717) is 36.5 Å². The second-order valence-corrected chi connectivity index (χ2v) is 8.14. The summed E-state index contributed by atoms with van der Waals surface area (Å²) in [5.74, 6) is -0.738. The number of carbonyl (C=O) groups excluding carboxylic acids is 2. The van der Waals surface area contributed by atoms with E-state index < -0.39 is 12.5 Å². The quantitative estimate of drug-likeness (QED) is 0.519. The standard InChI is InChI=1S/C23H19F3N6O4/c24-23(25,26)36-16-5-1-13(2-6-16)12-35-22(34)32-8-7-17-19(11-32)30-31-20(17)21(33)28-15-4-3-14-10-27-29-18(14)9-15/h1-6,9H,7-8,10-12H2,(H,28,33)(H,30,31). The minimum Gasteiger partial charge on any atom is -0.445 e. The molecule has 3 aromatic rings. The number of ether oxygens (including phenoxy) is 2. The molecule has 2 aromatic carbocycles. The van der Waals surface area contributed by atoms with E-state index in [9.17, 15) is 22.8 Å². The first-order valence-electron chi connectivity index (χ1n) is 10.9. The van der Waals surface area contributed by atoms with Gasteiger partial charge in [-0.1, -0.05) is 18.2 Å². The minimum atomic E-state index is -4.78. The van der Waals surface area contributed by atoms with E-state index in [1.54, 1.807) is 12.1 Å². The first kappa shape index (κ1) is 23.3. The third-order valence-electron chi connectivity index (χ3n) is 5.69. The zero-order valence-electron chi connectivity index (χ0n) is 18.6. The highest BCUT2D eigenvalue weighted by atomic mass is 19.4. The Labute approximate surface area is 202 Å². The average Bonchev–Trinajstić information content (AvgIpc) is 3.48. The Morgan fingerprint density at radius 3 is 2.72 bits per heavy atom. The number of halogens is 3. The van der Waals surface area contributed by atoms with Gasteiger partial charge in [-0.3, -0.25) is 9.89 Å². The fourth-order valence-corrected chi connectivity index (χ4v) is 3.93. The number of nitrogens with one attached hydrogen (secondary N) is 2. The monoisotopic (exact) mass is 500 g/mol. The lowest BCUT2D eigenvalue weighted by molar-refractivity contribution is -0.274. The van der Waals surface area contributed by atoms with E-state index in [4.69, 9.17) is 4.74 Å². The largest absolute Gasteiger partial charge is 0.573 e. The average molecular weight is 500 g/mol. The molecule has 0 atom stereocenters. The number of H-pyrrole nitrogens is 1. The normalized spacial score (nSPS) is 14.2. The highest BCUT2D eigenvalue weighted by molar-refractivity contribution is 6.04. The number of fused-ring (bicyclic) bond motifs is 2. The Hall–Kier alpha value is -4.42. The molecule has 0 radical (unpaired) electrons. The van der Waals surface area contributed by atoms with Crippen molar-refractivity contribution in [1.29, 1.82) is 0 Å². The van der Waals surface area contributed by atoms with Gasteiger partial charge >= 0.3 is 12.5 Å². The Morgan fingerprint density at radius 2 is 1.94 bits per heavy atom. The number of alkyl halides is 3. The van der Waals surface area contributed by atoms with Gasteiger partial charge in [-0.25, -0.2) is 4.79 Å². The number of anilines is 1. The Balaban J connectivity index is 1.16. The second-order valence-electron chi connectivity index (χ2n) is 8.14. The molecule has 0 bridgehead atoms. The lowest BCUT2D eigenvalue weighted by Crippen LogP contribution is -2.36. The third kappa shape index (κ3) is 5.14. The number of aromatic amines is 1. The summed E-state index contributed by atoms with van der Waals surface area (Å²) in [6.45, 7) is 0.888. The zero-order chi connectivity index (χ0) is 25.3. The molecule has 0 spiro atoms. The van der Waals surface area contributed by atoms with Crippen molar-refractivity contribution in [1.82, 2.24) is 15.1 Å². The summed E-state index contributed by atoms with van der Waals surface area (Å²) in [4.78, 5) is 26.8. The van der Waals surface area contributed by atoms with Crippen LogP contribution in [0.2, 0.25) is 0 Å². The molecule has 2 amide bonds. The summed E-state index contributed by atoms with van der Waals surface area (Å²) in [5.41, 5.74) is 4.39. The number of aromatic nitrogens is 2. The van der Waals surface area contributed by atoms with Crippen LogP contribution < -0.4 is 10.1 Å². The highest BCUT2D eigenvalue weighted by Gasteiger charge is 2.31. The summed E-state index contributed by atoms with van der Waals surface area (Å²) in [6.07, 6.45) is -4.97. The zero-order valence-corrected chi connectivity index (χ0v) is 18.6. The summed E-state index contributed by atoms with van der Waals surface area (Å²) in [7, 11) is 0. The molecule has 13 heteroatoms. The molecular formula is C23H19F3N6O4. The maximum absolute atomic E-state index is 12.8. The van der Waals surface area contributed by atoms with Crippen molar-refractivity contribution >= 4 is 23.4 Å². The van der Waals surface area contributed by atoms with Crippen molar-refractivity contribution in [2.24, 2.45) is 10.2 Å². The van der Waals surface area contributed by atoms with Gasteiger partial charge in [0.05, 0.1) is 24.5 Å². The molecule has 0 aliphatic carbocycles. The van der Waals surface area contributed by atoms with Crippen LogP contribution in [0, 0.1) is 0 Å². The van der Waals surface area contributed by atoms with Crippen molar-refractivity contribution < 1.29 is 32.2 Å². The van der Waals surface area contributed by atoms with Gasteiger partial charge in [-0.15, -0.1) is 13.2 Å². The first-order valence-corrected chi connectivity index (χ1v) is 10.9. The number of hydrogen-bond donors (Lipinski definition) is 2. The molecule has 0 unspecified atom stereocenters. The van der Waals surface area contributed by atoms with Crippen molar-refractivity contribution in [3.05, 3.63) is 70.5 Å². The number of amides is 2. The number of nitrogens with zero attached hydrogens (tertiary/aromatic N) is 4. The van der Waals surface area contributed by atoms with E-state index in [0.717, 1.165) is 28.9 Å². The van der Waals surface area contributed by atoms with E-state index in [1.807, 2.05) is 6.07 Å². The van der Waals surface area contributed by atoms with Gasteiger partial charge in [0.2, 0.25) is 0 Å². The third-order valence-corrected chi connectivity index (χ3v) is 5.69. The Kier molecular flexibility index (Phi) is 6.04. The lowest BCUT2D eigenvalue weighted by Gasteiger charge is -2.26. The van der Waals surface area contributed by atoms with Gasteiger partial charge in [0.1, 0.15) is 12.4 Å². The molecule has 2 aliphatic rings. The topological polar surface area (TPSA) is 121 Å². The number of azo groups is 1. The number of rotatable bonds is 5. The maximum Gasteiger partial charge on any atom is 0.573 e. The minimum absolute atomic E-state index is 0.120. The fraction of sp³-hybridized carbons (Fsp3) is 0.261. The van der Waals surface area contributed by atoms with Crippen molar-refractivity contribution in [2.75, 3.05) is 11.9 Å². The van der Waals surface area contributed by atoms with Crippen LogP contribution >= 0.6 is 0 Å². The van der Waals surface area contributed by atoms with Crippen LogP contribution in [0.4, 0.5) is 29.3 Å². The smallest absolute Gasteiger partial charge is 0.445 e. The Morgan fingerprint density at radius 1 is 1.14 bits per heavy atom. The van der Waals surface area contributed by atoms with Crippen LogP contribution in [0.3, 0.4) is 0 Å². The molecule has 3 heterocycles. The van der Waals surface area contributed by atoms with E-state index in [1.165, 1.54) is 17.0 Å². The molecule has 0 fully saturated rings. The fourth-order valence-electron chi connectivity index (χ4n) is 3.93. The van der Waals surface area contributed by atoms with Gasteiger partial charge in [0.25, 0.3) is 5.91 Å². The predicted octanol–water partition coefficient (Wildman–Crippen LogP) is 4.85. The summed E-state index contributed by atoms with van der Waals surface area (Å²) < 4.78 is 45.9. The van der Waals surface area contributed by atoms with Crippen molar-refractivity contribution in [3.8, 4) is 5.75 Å². The van der Waals surface area contributed by atoms with Crippen LogP contribution in [0.1, 0.15) is 32.9 Å². The molecule has 0 saturated heterocycles. The van der Waals surface area contributed by atoms with Gasteiger partial charge in [-0.05, 0) is 36.2 Å². The van der Waals surface area contributed by atoms with E-state index >= 15 is 0 Å². The SMILES string of the molecule is O=C(Nc1ccc2c(c1)N=NC2)c1n[nH]c2c1CCN(C(=O)OCc1ccc(OC(F)(F)F)cc1)C2. The molecule has 2 aliphatic heterocycles. The van der Waals surface area contributed by atoms with Crippen LogP contribution in [0.25, 0.3) is 0 Å². The van der Waals surface area contributed by atoms with Gasteiger partial charge in [-0.2, -0.15) is 15.3 Å². The van der Waals surface area contributed by atoms with Gasteiger partial charge in [0.15, 0.2) is 5.69 Å². The molecule has 186 valence electrons. The number of carbonyl (C=O) groups is 2. The molecule has 10 nitrogen and oxygen atoms in total. The predicted molar refractivity (Wildman–Crippen MR) is 119 cm³/mol. The summed E-state index contributed by atoms with van der Waals surface area (Å²) in [5, 5.41) is 17.8. The molecule has 2 N–H and O–H groups in total. The van der Waals surface area contributed by atoms with Crippen molar-refractivity contribution in [3.63, 3.8) is 0 Å². The lowest BCUT2D eigenvalue weighted by atomic mass is 10.0. The summed E-state index contributed by atoms with van der Waals surface area (Å²) >= 11 is 0. The van der Waals surface area contributed by atoms with Crippen LogP contribution in [-0.2, 0) is 30.9 Å². The van der Waals surface area contributed by atoms with Crippen LogP contribution in [-0.4, -0.2) is 40.0 Å². The van der Waals surface area contributed by atoms with E-state index in [2.05, 4.69) is 30.5 Å². The molecular weight excluding hydrogens is 481 g/mol. The molecule has 5 rings (SSSR count). The number of hydrogen-bond acceptors (Lipinski definition) is 7.